The largest absolute Gasteiger partial charge is 0.492 e. The van der Waals surface area contributed by atoms with Crippen LogP contribution in [0.1, 0.15) is 57.7 Å². The summed E-state index contributed by atoms with van der Waals surface area (Å²) in [5.74, 6) is 0.841. The summed E-state index contributed by atoms with van der Waals surface area (Å²) in [7, 11) is 0. The third-order valence-corrected chi connectivity index (χ3v) is 2.85. The van der Waals surface area contributed by atoms with E-state index in [1.807, 2.05) is 12.1 Å². The lowest BCUT2D eigenvalue weighted by Gasteiger charge is -2.09. The van der Waals surface area contributed by atoms with Crippen LogP contribution in [0, 0.1) is 0 Å². The fourth-order valence-electron chi connectivity index (χ4n) is 1.62. The number of unbranched alkanes of at least 4 members (excludes halogenated alkanes) is 3. The highest BCUT2D eigenvalue weighted by Gasteiger charge is 2.04. The Hall–Kier alpha value is -1.09. The van der Waals surface area contributed by atoms with Crippen LogP contribution in [0.3, 0.4) is 0 Å². The van der Waals surface area contributed by atoms with Crippen molar-refractivity contribution >= 4 is 0 Å². The molecule has 1 aromatic heterocycles. The predicted octanol–water partition coefficient (Wildman–Crippen LogP) is 3.45. The molecule has 0 spiro atoms. The second-order valence-electron chi connectivity index (χ2n) is 4.34. The zero-order chi connectivity index (χ0) is 12.5. The number of aromatic nitrogens is 1. The van der Waals surface area contributed by atoms with Crippen LogP contribution in [-0.2, 0) is 0 Å². The summed E-state index contributed by atoms with van der Waals surface area (Å²) < 4.78 is 5.62. The Labute approximate surface area is 104 Å². The Kier molecular flexibility index (Phi) is 6.63. The summed E-state index contributed by atoms with van der Waals surface area (Å²) in [6.07, 6.45) is 7.57. The van der Waals surface area contributed by atoms with Gasteiger partial charge in [0.2, 0.25) is 0 Å². The fourth-order valence-corrected chi connectivity index (χ4v) is 1.62. The molecule has 0 amide bonds. The van der Waals surface area contributed by atoms with E-state index in [-0.39, 0.29) is 6.04 Å². The molecule has 1 heterocycles. The first-order valence-electron chi connectivity index (χ1n) is 6.62. The number of nitrogens with two attached hydrogens (primary N) is 1. The van der Waals surface area contributed by atoms with Gasteiger partial charge in [0.1, 0.15) is 5.75 Å². The molecule has 0 aliphatic carbocycles. The third kappa shape index (κ3) is 5.18. The predicted molar refractivity (Wildman–Crippen MR) is 71.1 cm³/mol. The Bertz CT molecular complexity index is 298. The van der Waals surface area contributed by atoms with Crippen LogP contribution >= 0.6 is 0 Å². The van der Waals surface area contributed by atoms with Crippen LogP contribution in [0.4, 0.5) is 0 Å². The molecule has 0 saturated heterocycles. The summed E-state index contributed by atoms with van der Waals surface area (Å²) in [5, 5.41) is 0. The normalized spacial score (nSPS) is 12.4. The minimum absolute atomic E-state index is 0.0357. The topological polar surface area (TPSA) is 48.1 Å². The van der Waals surface area contributed by atoms with Crippen molar-refractivity contribution in [3.63, 3.8) is 0 Å². The Balaban J connectivity index is 2.30. The Morgan fingerprint density at radius 2 is 2.06 bits per heavy atom. The smallest absolute Gasteiger partial charge is 0.137 e. The van der Waals surface area contributed by atoms with Gasteiger partial charge in [-0.2, -0.15) is 0 Å². The van der Waals surface area contributed by atoms with E-state index in [9.17, 15) is 0 Å². The molecule has 0 radical (unpaired) electrons. The minimum Gasteiger partial charge on any atom is -0.492 e. The molecule has 0 aliphatic rings. The zero-order valence-electron chi connectivity index (χ0n) is 11.0. The fraction of sp³-hybridized carbons (Fsp3) is 0.643. The standard InChI is InChI=1S/C14H24N2O/c1-3-5-6-7-10-17-12-8-9-14(16-11-12)13(15)4-2/h8-9,11,13H,3-7,10,15H2,1-2H3. The van der Waals surface area contributed by atoms with Gasteiger partial charge >= 0.3 is 0 Å². The number of hydrogen-bond acceptors (Lipinski definition) is 3. The summed E-state index contributed by atoms with van der Waals surface area (Å²) in [6.45, 7) is 5.05. The third-order valence-electron chi connectivity index (χ3n) is 2.85. The molecule has 0 fully saturated rings. The number of ether oxygens (including phenoxy) is 1. The Morgan fingerprint density at radius 1 is 1.24 bits per heavy atom. The highest BCUT2D eigenvalue weighted by Crippen LogP contribution is 2.15. The van der Waals surface area contributed by atoms with Crippen LogP contribution in [0.25, 0.3) is 0 Å². The maximum Gasteiger partial charge on any atom is 0.137 e. The molecule has 1 aromatic rings. The van der Waals surface area contributed by atoms with Crippen LogP contribution in [0.15, 0.2) is 18.3 Å². The molecular formula is C14H24N2O. The number of hydrogen-bond donors (Lipinski definition) is 1. The highest BCUT2D eigenvalue weighted by molar-refractivity contribution is 5.21. The zero-order valence-corrected chi connectivity index (χ0v) is 11.0. The van der Waals surface area contributed by atoms with E-state index in [4.69, 9.17) is 10.5 Å². The Morgan fingerprint density at radius 3 is 2.65 bits per heavy atom. The molecular weight excluding hydrogens is 212 g/mol. The van der Waals surface area contributed by atoms with Gasteiger partial charge in [0, 0.05) is 6.04 Å². The molecule has 96 valence electrons. The van der Waals surface area contributed by atoms with Crippen molar-refractivity contribution in [2.75, 3.05) is 6.61 Å². The van der Waals surface area contributed by atoms with Crippen LogP contribution < -0.4 is 10.5 Å². The van der Waals surface area contributed by atoms with E-state index in [0.717, 1.165) is 30.9 Å². The lowest BCUT2D eigenvalue weighted by molar-refractivity contribution is 0.303. The van der Waals surface area contributed by atoms with E-state index in [2.05, 4.69) is 18.8 Å². The van der Waals surface area contributed by atoms with Gasteiger partial charge in [-0.3, -0.25) is 4.98 Å². The quantitative estimate of drug-likeness (QED) is 0.703. The van der Waals surface area contributed by atoms with Gasteiger partial charge in [0.25, 0.3) is 0 Å². The maximum absolute atomic E-state index is 5.90. The van der Waals surface area contributed by atoms with Gasteiger partial charge in [-0.1, -0.05) is 33.1 Å². The van der Waals surface area contributed by atoms with Crippen molar-refractivity contribution in [3.8, 4) is 5.75 Å². The maximum atomic E-state index is 5.90. The molecule has 3 nitrogen and oxygen atoms in total. The van der Waals surface area contributed by atoms with E-state index < -0.39 is 0 Å². The molecule has 1 unspecified atom stereocenters. The lowest BCUT2D eigenvalue weighted by atomic mass is 10.1. The van der Waals surface area contributed by atoms with E-state index in [1.54, 1.807) is 6.20 Å². The van der Waals surface area contributed by atoms with Gasteiger partial charge in [-0.15, -0.1) is 0 Å². The molecule has 17 heavy (non-hydrogen) atoms. The van der Waals surface area contributed by atoms with Gasteiger partial charge in [0.05, 0.1) is 18.5 Å². The van der Waals surface area contributed by atoms with Crippen molar-refractivity contribution in [2.24, 2.45) is 5.73 Å². The highest BCUT2D eigenvalue weighted by atomic mass is 16.5. The first kappa shape index (κ1) is 14.0. The molecule has 1 rings (SSSR count). The SMILES string of the molecule is CCCCCCOc1ccc(C(N)CC)nc1. The molecule has 2 N–H and O–H groups in total. The van der Waals surface area contributed by atoms with Crippen molar-refractivity contribution in [1.29, 1.82) is 0 Å². The van der Waals surface area contributed by atoms with Gasteiger partial charge in [0.15, 0.2) is 0 Å². The average Bonchev–Trinajstić information content (AvgIpc) is 2.38. The molecule has 3 heteroatoms. The molecule has 0 aromatic carbocycles. The number of rotatable bonds is 8. The van der Waals surface area contributed by atoms with Gasteiger partial charge in [-0.05, 0) is 25.0 Å². The van der Waals surface area contributed by atoms with E-state index in [1.165, 1.54) is 19.3 Å². The monoisotopic (exact) mass is 236 g/mol. The van der Waals surface area contributed by atoms with Crippen LogP contribution in [0.2, 0.25) is 0 Å². The minimum atomic E-state index is 0.0357. The number of pyridine rings is 1. The summed E-state index contributed by atoms with van der Waals surface area (Å²) in [5.41, 5.74) is 6.83. The van der Waals surface area contributed by atoms with Gasteiger partial charge < -0.3 is 10.5 Å². The molecule has 1 atom stereocenters. The number of nitrogens with zero attached hydrogens (tertiary/aromatic N) is 1. The van der Waals surface area contributed by atoms with Crippen LogP contribution in [-0.4, -0.2) is 11.6 Å². The molecule has 0 saturated carbocycles. The van der Waals surface area contributed by atoms with E-state index in [0.29, 0.717) is 0 Å². The molecule has 0 bridgehead atoms. The summed E-state index contributed by atoms with van der Waals surface area (Å²) in [6, 6.07) is 3.95. The van der Waals surface area contributed by atoms with Gasteiger partial charge in [-0.25, -0.2) is 0 Å². The van der Waals surface area contributed by atoms with Crippen LogP contribution in [0.5, 0.6) is 5.75 Å². The summed E-state index contributed by atoms with van der Waals surface area (Å²) >= 11 is 0. The second kappa shape index (κ2) is 8.07. The first-order chi connectivity index (χ1) is 8.27. The first-order valence-corrected chi connectivity index (χ1v) is 6.62. The average molecular weight is 236 g/mol. The lowest BCUT2D eigenvalue weighted by Crippen LogP contribution is -2.10. The van der Waals surface area contributed by atoms with Crippen molar-refractivity contribution in [2.45, 2.75) is 52.0 Å². The molecule has 0 aliphatic heterocycles. The van der Waals surface area contributed by atoms with Crippen molar-refractivity contribution < 1.29 is 4.74 Å². The van der Waals surface area contributed by atoms with E-state index >= 15 is 0 Å². The summed E-state index contributed by atoms with van der Waals surface area (Å²) in [4.78, 5) is 4.31. The van der Waals surface area contributed by atoms with Crippen molar-refractivity contribution in [1.82, 2.24) is 4.98 Å². The second-order valence-corrected chi connectivity index (χ2v) is 4.34. The van der Waals surface area contributed by atoms with Crippen molar-refractivity contribution in [3.05, 3.63) is 24.0 Å².